The molecule has 2 aromatic rings. The van der Waals surface area contributed by atoms with Crippen LogP contribution in [0.25, 0.3) is 0 Å². The van der Waals surface area contributed by atoms with Gasteiger partial charge in [0.05, 0.1) is 5.56 Å². The molecule has 1 atom stereocenters. The molecule has 1 aromatic carbocycles. The molecule has 4 rings (SSSR count). The van der Waals surface area contributed by atoms with Crippen molar-refractivity contribution < 1.29 is 27.9 Å². The number of hydrogen-bond acceptors (Lipinski definition) is 5. The number of alkyl halides is 3. The molecule has 2 aliphatic rings. The Labute approximate surface area is 226 Å². The Hall–Kier alpha value is -2.17. The van der Waals surface area contributed by atoms with Gasteiger partial charge in [0.1, 0.15) is 11.0 Å². The van der Waals surface area contributed by atoms with Crippen LogP contribution in [0.3, 0.4) is 0 Å². The number of carbonyl (C=O) groups is 2. The summed E-state index contributed by atoms with van der Waals surface area (Å²) in [4.78, 5) is 31.6. The lowest BCUT2D eigenvalue weighted by Crippen LogP contribution is -2.57. The topological polar surface area (TPSA) is 73.7 Å². The van der Waals surface area contributed by atoms with Gasteiger partial charge < -0.3 is 14.9 Å². The number of benzene rings is 1. The number of aldehydes is 1. The molecule has 0 bridgehead atoms. The lowest BCUT2D eigenvalue weighted by molar-refractivity contribution is -0.262. The maximum atomic E-state index is 14.0. The van der Waals surface area contributed by atoms with Gasteiger partial charge in [-0.3, -0.25) is 9.59 Å². The highest BCUT2D eigenvalue weighted by atomic mass is 79.9. The third kappa shape index (κ3) is 5.96. The number of carbonyl (C=O) groups excluding carboxylic acids is 2. The molecule has 1 amide bonds. The summed E-state index contributed by atoms with van der Waals surface area (Å²) < 4.78 is 42.3. The predicted octanol–water partition coefficient (Wildman–Crippen LogP) is 5.61. The number of rotatable bonds is 6. The number of hydrogen-bond donors (Lipinski definition) is 1. The maximum Gasteiger partial charge on any atom is 0.430 e. The fourth-order valence-electron chi connectivity index (χ4n) is 5.29. The molecule has 6 nitrogen and oxygen atoms in total. The zero-order chi connectivity index (χ0) is 26.8. The molecule has 2 fully saturated rings. The monoisotopic (exact) mass is 601 g/mol. The van der Waals surface area contributed by atoms with Crippen molar-refractivity contribution in [1.29, 1.82) is 0 Å². The van der Waals surface area contributed by atoms with Crippen LogP contribution in [-0.2, 0) is 10.4 Å². The van der Waals surface area contributed by atoms with Crippen molar-refractivity contribution in [2.24, 2.45) is 11.8 Å². The van der Waals surface area contributed by atoms with E-state index in [1.165, 1.54) is 12.1 Å². The summed E-state index contributed by atoms with van der Waals surface area (Å²) in [5.41, 5.74) is -3.72. The molecule has 0 saturated carbocycles. The summed E-state index contributed by atoms with van der Waals surface area (Å²) >= 11 is 9.18. The Morgan fingerprint density at radius 2 is 1.70 bits per heavy atom. The number of piperidine rings is 2. The fraction of sp³-hybridized carbons (Fsp3) is 0.500. The van der Waals surface area contributed by atoms with E-state index in [-0.39, 0.29) is 18.2 Å². The Morgan fingerprint density at radius 1 is 1.08 bits per heavy atom. The molecular weight excluding hydrogens is 575 g/mol. The Bertz CT molecular complexity index is 1140. The van der Waals surface area contributed by atoms with Crippen LogP contribution in [0.2, 0.25) is 5.15 Å². The van der Waals surface area contributed by atoms with E-state index in [1.54, 1.807) is 12.1 Å². The van der Waals surface area contributed by atoms with Crippen molar-refractivity contribution in [3.05, 3.63) is 57.2 Å². The average molecular weight is 603 g/mol. The van der Waals surface area contributed by atoms with Crippen molar-refractivity contribution in [3.8, 4) is 0 Å². The van der Waals surface area contributed by atoms with Crippen LogP contribution in [0.5, 0.6) is 0 Å². The molecule has 1 aromatic heterocycles. The normalized spacial score (nSPS) is 19.5. The summed E-state index contributed by atoms with van der Waals surface area (Å²) in [5.74, 6) is 0.201. The van der Waals surface area contributed by atoms with Crippen LogP contribution in [0.1, 0.15) is 48.0 Å². The minimum atomic E-state index is -5.15. The SMILES string of the molecule is O=Cc1ccc(N2CCC(CC3CCN(C(=O)[C@](O)(c4cccc(Br)c4)C(F)(F)F)CC3)CC2)nc1Cl. The molecule has 2 aliphatic heterocycles. The Kier molecular flexibility index (Phi) is 8.50. The van der Waals surface area contributed by atoms with E-state index in [2.05, 4.69) is 25.8 Å². The first-order valence-corrected chi connectivity index (χ1v) is 13.4. The van der Waals surface area contributed by atoms with Gasteiger partial charge in [0.25, 0.3) is 11.5 Å². The minimum absolute atomic E-state index is 0.181. The van der Waals surface area contributed by atoms with Crippen LogP contribution in [0.15, 0.2) is 40.9 Å². The van der Waals surface area contributed by atoms with E-state index in [4.69, 9.17) is 11.6 Å². The summed E-state index contributed by atoms with van der Waals surface area (Å²) in [6.07, 6.45) is -0.430. The highest BCUT2D eigenvalue weighted by molar-refractivity contribution is 9.10. The summed E-state index contributed by atoms with van der Waals surface area (Å²) in [5, 5.41) is 10.9. The molecule has 0 unspecified atom stereocenters. The second-order valence-electron chi connectivity index (χ2n) is 9.79. The summed E-state index contributed by atoms with van der Waals surface area (Å²) in [6, 6.07) is 8.61. The van der Waals surface area contributed by atoms with Gasteiger partial charge >= 0.3 is 6.18 Å². The molecule has 1 N–H and O–H groups in total. The molecule has 0 radical (unpaired) electrons. The number of likely N-dealkylation sites (tertiary alicyclic amines) is 1. The lowest BCUT2D eigenvalue weighted by atomic mass is 9.82. The summed E-state index contributed by atoms with van der Waals surface area (Å²) in [6.45, 7) is 1.97. The first kappa shape index (κ1) is 27.9. The number of halogens is 5. The second kappa shape index (κ2) is 11.3. The van der Waals surface area contributed by atoms with E-state index in [0.29, 0.717) is 41.0 Å². The van der Waals surface area contributed by atoms with Crippen LogP contribution in [0, 0.1) is 11.8 Å². The predicted molar refractivity (Wildman–Crippen MR) is 138 cm³/mol. The number of amides is 1. The minimum Gasteiger partial charge on any atom is -0.369 e. The van der Waals surface area contributed by atoms with Crippen LogP contribution in [-0.4, -0.2) is 59.5 Å². The van der Waals surface area contributed by atoms with Crippen LogP contribution in [0.4, 0.5) is 19.0 Å². The van der Waals surface area contributed by atoms with Gasteiger partial charge in [-0.1, -0.05) is 39.7 Å². The number of aliphatic hydroxyl groups is 1. The third-order valence-corrected chi connectivity index (χ3v) is 8.25. The van der Waals surface area contributed by atoms with E-state index in [9.17, 15) is 27.9 Å². The van der Waals surface area contributed by atoms with Crippen LogP contribution < -0.4 is 4.90 Å². The molecule has 0 aliphatic carbocycles. The highest BCUT2D eigenvalue weighted by Crippen LogP contribution is 2.42. The number of nitrogens with zero attached hydrogens (tertiary/aromatic N) is 3. The van der Waals surface area contributed by atoms with Gasteiger partial charge in [-0.15, -0.1) is 0 Å². The molecule has 37 heavy (non-hydrogen) atoms. The highest BCUT2D eigenvalue weighted by Gasteiger charge is 2.62. The largest absolute Gasteiger partial charge is 0.430 e. The molecule has 2 saturated heterocycles. The lowest BCUT2D eigenvalue weighted by Gasteiger charge is -2.40. The van der Waals surface area contributed by atoms with Gasteiger partial charge in [-0.25, -0.2) is 4.98 Å². The van der Waals surface area contributed by atoms with E-state index >= 15 is 0 Å². The quantitative estimate of drug-likeness (QED) is 0.344. The number of aromatic nitrogens is 1. The molecule has 3 heterocycles. The smallest absolute Gasteiger partial charge is 0.369 e. The molecule has 200 valence electrons. The van der Waals surface area contributed by atoms with Gasteiger partial charge in [-0.2, -0.15) is 13.2 Å². The third-order valence-electron chi connectivity index (χ3n) is 7.46. The zero-order valence-corrected chi connectivity index (χ0v) is 22.4. The van der Waals surface area contributed by atoms with E-state index < -0.39 is 23.2 Å². The standard InChI is InChI=1S/C26H28BrClF3N3O3/c27-21-3-1-2-20(15-21)25(37,26(29,30)31)24(36)34-12-8-18(9-13-34)14-17-6-10-33(11-7-17)22-5-4-19(16-35)23(28)32-22/h1-5,15-18,37H,6-14H2/t25-/m1/s1. The zero-order valence-electron chi connectivity index (χ0n) is 20.1. The molecule has 0 spiro atoms. The number of anilines is 1. The summed E-state index contributed by atoms with van der Waals surface area (Å²) in [7, 11) is 0. The van der Waals surface area contributed by atoms with Crippen LogP contribution >= 0.6 is 27.5 Å². The molecular formula is C26H28BrClF3N3O3. The van der Waals surface area contributed by atoms with Gasteiger partial charge in [-0.05, 0) is 68.2 Å². The first-order chi connectivity index (χ1) is 17.5. The first-order valence-electron chi connectivity index (χ1n) is 12.2. The maximum absolute atomic E-state index is 14.0. The Morgan fingerprint density at radius 3 is 2.24 bits per heavy atom. The van der Waals surface area contributed by atoms with E-state index in [0.717, 1.165) is 55.2 Å². The van der Waals surface area contributed by atoms with E-state index in [1.807, 2.05) is 0 Å². The van der Waals surface area contributed by atoms with Gasteiger partial charge in [0.15, 0.2) is 6.29 Å². The van der Waals surface area contributed by atoms with Gasteiger partial charge in [0, 0.05) is 36.2 Å². The van der Waals surface area contributed by atoms with Crippen molar-refractivity contribution in [2.75, 3.05) is 31.1 Å². The van der Waals surface area contributed by atoms with Crippen molar-refractivity contribution in [1.82, 2.24) is 9.88 Å². The fourth-order valence-corrected chi connectivity index (χ4v) is 5.88. The van der Waals surface area contributed by atoms with Crippen molar-refractivity contribution >= 4 is 45.5 Å². The number of pyridine rings is 1. The second-order valence-corrected chi connectivity index (χ2v) is 11.1. The molecule has 11 heteroatoms. The average Bonchev–Trinajstić information content (AvgIpc) is 2.88. The Balaban J connectivity index is 1.31. The van der Waals surface area contributed by atoms with Gasteiger partial charge in [0.2, 0.25) is 0 Å². The van der Waals surface area contributed by atoms with Crippen molar-refractivity contribution in [2.45, 2.75) is 43.9 Å². The van der Waals surface area contributed by atoms with Crippen molar-refractivity contribution in [3.63, 3.8) is 0 Å².